The van der Waals surface area contributed by atoms with Gasteiger partial charge in [0.05, 0.1) is 5.92 Å². The van der Waals surface area contributed by atoms with Gasteiger partial charge in [-0.2, -0.15) is 0 Å². The fraction of sp³-hybridized carbons (Fsp3) is 0.786. The zero-order valence-corrected chi connectivity index (χ0v) is 13.4. The summed E-state index contributed by atoms with van der Waals surface area (Å²) in [5.41, 5.74) is 1.26. The van der Waals surface area contributed by atoms with Crippen LogP contribution >= 0.6 is 0 Å². The molecule has 0 aromatic carbocycles. The second-order valence-corrected chi connectivity index (χ2v) is 8.00. The van der Waals surface area contributed by atoms with Crippen LogP contribution in [0.4, 0.5) is 0 Å². The predicted molar refractivity (Wildman–Crippen MR) is 74.8 cm³/mol. The van der Waals surface area contributed by atoms with Crippen molar-refractivity contribution in [2.45, 2.75) is 38.8 Å². The fourth-order valence-electron chi connectivity index (χ4n) is 3.34. The second-order valence-electron chi connectivity index (χ2n) is 5.57. The first-order chi connectivity index (χ1) is 9.10. The van der Waals surface area contributed by atoms with Gasteiger partial charge in [0.25, 0.3) is 0 Å². The van der Waals surface area contributed by atoms with E-state index in [1.165, 1.54) is 5.57 Å². The Bertz CT molecular complexity index is 364. The van der Waals surface area contributed by atoms with Crippen molar-refractivity contribution in [1.82, 2.24) is 0 Å². The van der Waals surface area contributed by atoms with E-state index in [4.69, 9.17) is 13.6 Å². The molecule has 0 spiro atoms. The summed E-state index contributed by atoms with van der Waals surface area (Å²) >= 11 is 0. The summed E-state index contributed by atoms with van der Waals surface area (Å²) in [6.07, 6.45) is 5.08. The highest BCUT2D eigenvalue weighted by Crippen LogP contribution is 2.47. The Morgan fingerprint density at radius 1 is 1.42 bits per heavy atom. The average molecular weight is 284 g/mol. The fourth-order valence-corrected chi connectivity index (χ4v) is 4.77. The summed E-state index contributed by atoms with van der Waals surface area (Å²) in [7, 11) is 1.36. The Labute approximate surface area is 117 Å². The summed E-state index contributed by atoms with van der Waals surface area (Å²) in [6, 6.07) is 0. The van der Waals surface area contributed by atoms with Crippen molar-refractivity contribution in [3.8, 4) is 0 Å². The highest BCUT2D eigenvalue weighted by molar-refractivity contribution is 6.46. The highest BCUT2D eigenvalue weighted by atomic mass is 28.3. The lowest BCUT2D eigenvalue weighted by atomic mass is 9.90. The third-order valence-electron chi connectivity index (χ3n) is 4.47. The molecule has 108 valence electrons. The number of carbonyl (C=O) groups excluding carboxylic acids is 1. The number of fused-ring (bicyclic) bond motifs is 2. The van der Waals surface area contributed by atoms with Crippen LogP contribution in [0.15, 0.2) is 11.6 Å². The monoisotopic (exact) mass is 284 g/mol. The van der Waals surface area contributed by atoms with Gasteiger partial charge in [-0.05, 0) is 38.0 Å². The topological polar surface area (TPSA) is 44.8 Å². The van der Waals surface area contributed by atoms with Crippen molar-refractivity contribution < 1.29 is 18.4 Å². The Hall–Kier alpha value is -0.653. The standard InChI is InChI=1S/C14H24O4Si/c1-5-13(19(16-3)17-4)18-14(15)12-8-10-7-11(12)6-9(10)2/h6,10-13,19H,5,7-8H2,1-4H3. The summed E-state index contributed by atoms with van der Waals surface area (Å²) in [5, 5.41) is 0. The molecule has 5 heteroatoms. The Balaban J connectivity index is 1.94. The van der Waals surface area contributed by atoms with E-state index < -0.39 is 9.28 Å². The van der Waals surface area contributed by atoms with Crippen LogP contribution in [-0.4, -0.2) is 35.2 Å². The molecule has 4 unspecified atom stereocenters. The predicted octanol–water partition coefficient (Wildman–Crippen LogP) is 1.96. The van der Waals surface area contributed by atoms with Gasteiger partial charge >= 0.3 is 15.3 Å². The Morgan fingerprint density at radius 3 is 2.53 bits per heavy atom. The summed E-state index contributed by atoms with van der Waals surface area (Å²) < 4.78 is 16.3. The molecule has 0 aromatic heterocycles. The molecule has 0 aliphatic heterocycles. The molecule has 0 saturated heterocycles. The van der Waals surface area contributed by atoms with E-state index >= 15 is 0 Å². The van der Waals surface area contributed by atoms with E-state index in [1.54, 1.807) is 14.2 Å². The molecule has 0 aromatic rings. The molecule has 4 atom stereocenters. The maximum Gasteiger partial charge on any atom is 0.363 e. The highest BCUT2D eigenvalue weighted by Gasteiger charge is 2.44. The van der Waals surface area contributed by atoms with Crippen molar-refractivity contribution in [3.05, 3.63) is 11.6 Å². The lowest BCUT2D eigenvalue weighted by Gasteiger charge is -2.25. The van der Waals surface area contributed by atoms with Crippen molar-refractivity contribution in [3.63, 3.8) is 0 Å². The molecular weight excluding hydrogens is 260 g/mol. The molecule has 0 amide bonds. The van der Waals surface area contributed by atoms with Crippen LogP contribution in [0.5, 0.6) is 0 Å². The molecule has 2 rings (SSSR count). The van der Waals surface area contributed by atoms with Gasteiger partial charge in [-0.3, -0.25) is 4.79 Å². The van der Waals surface area contributed by atoms with Crippen LogP contribution in [0.25, 0.3) is 0 Å². The van der Waals surface area contributed by atoms with E-state index in [-0.39, 0.29) is 17.6 Å². The summed E-state index contributed by atoms with van der Waals surface area (Å²) in [5.74, 6) is 0.974. The van der Waals surface area contributed by atoms with Crippen molar-refractivity contribution >= 4 is 15.3 Å². The van der Waals surface area contributed by atoms with Crippen molar-refractivity contribution in [2.24, 2.45) is 17.8 Å². The first kappa shape index (κ1) is 14.7. The van der Waals surface area contributed by atoms with E-state index in [1.807, 2.05) is 6.92 Å². The van der Waals surface area contributed by atoms with Crippen LogP contribution < -0.4 is 0 Å². The molecule has 0 heterocycles. The molecule has 1 fully saturated rings. The molecule has 0 N–H and O–H groups in total. The number of esters is 1. The first-order valence-corrected chi connectivity index (χ1v) is 8.66. The third-order valence-corrected chi connectivity index (χ3v) is 6.62. The van der Waals surface area contributed by atoms with Crippen LogP contribution in [0.1, 0.15) is 33.1 Å². The number of allylic oxidation sites excluding steroid dienone is 2. The summed E-state index contributed by atoms with van der Waals surface area (Å²) in [4.78, 5) is 12.3. The van der Waals surface area contributed by atoms with E-state index in [0.717, 1.165) is 19.3 Å². The molecule has 2 aliphatic rings. The first-order valence-electron chi connectivity index (χ1n) is 7.05. The largest absolute Gasteiger partial charge is 0.461 e. The smallest absolute Gasteiger partial charge is 0.363 e. The lowest BCUT2D eigenvalue weighted by Crippen LogP contribution is -2.40. The average Bonchev–Trinajstić information content (AvgIpc) is 2.97. The van der Waals surface area contributed by atoms with Crippen LogP contribution in [0.3, 0.4) is 0 Å². The van der Waals surface area contributed by atoms with Crippen LogP contribution in [-0.2, 0) is 18.4 Å². The molecule has 0 radical (unpaired) electrons. The molecule has 2 aliphatic carbocycles. The van der Waals surface area contributed by atoms with Crippen LogP contribution in [0, 0.1) is 17.8 Å². The molecule has 4 nitrogen and oxygen atoms in total. The van der Waals surface area contributed by atoms with Crippen LogP contribution in [0.2, 0.25) is 0 Å². The van der Waals surface area contributed by atoms with Crippen molar-refractivity contribution in [1.29, 1.82) is 0 Å². The minimum atomic E-state index is -1.90. The minimum Gasteiger partial charge on any atom is -0.461 e. The molecular formula is C14H24O4Si. The van der Waals surface area contributed by atoms with Gasteiger partial charge < -0.3 is 13.6 Å². The molecule has 2 bridgehead atoms. The lowest BCUT2D eigenvalue weighted by molar-refractivity contribution is -0.152. The van der Waals surface area contributed by atoms with Gasteiger partial charge in [0.1, 0.15) is 5.73 Å². The maximum atomic E-state index is 12.3. The second kappa shape index (κ2) is 6.20. The summed E-state index contributed by atoms with van der Waals surface area (Å²) in [6.45, 7) is 4.17. The van der Waals surface area contributed by atoms with Gasteiger partial charge in [-0.25, -0.2) is 0 Å². The van der Waals surface area contributed by atoms with Gasteiger partial charge in [-0.1, -0.05) is 18.6 Å². The zero-order chi connectivity index (χ0) is 14.0. The van der Waals surface area contributed by atoms with Gasteiger partial charge in [0.15, 0.2) is 0 Å². The van der Waals surface area contributed by atoms with Crippen molar-refractivity contribution in [2.75, 3.05) is 14.2 Å². The van der Waals surface area contributed by atoms with Gasteiger partial charge in [-0.15, -0.1) is 0 Å². The van der Waals surface area contributed by atoms with Gasteiger partial charge in [0.2, 0.25) is 0 Å². The van der Waals surface area contributed by atoms with E-state index in [9.17, 15) is 4.79 Å². The zero-order valence-electron chi connectivity index (χ0n) is 12.2. The molecule has 19 heavy (non-hydrogen) atoms. The van der Waals surface area contributed by atoms with E-state index in [2.05, 4.69) is 13.0 Å². The number of carbonyl (C=O) groups is 1. The van der Waals surface area contributed by atoms with Gasteiger partial charge in [0, 0.05) is 14.2 Å². The minimum absolute atomic E-state index is 0.0473. The Kier molecular flexibility index (Phi) is 4.81. The maximum absolute atomic E-state index is 12.3. The third kappa shape index (κ3) is 2.93. The quantitative estimate of drug-likeness (QED) is 0.425. The number of hydrogen-bond donors (Lipinski definition) is 0. The number of ether oxygens (including phenoxy) is 1. The number of rotatable bonds is 6. The molecule has 1 saturated carbocycles. The normalized spacial score (nSPS) is 30.6. The SMILES string of the molecule is CCC(OC(=O)C1CC2CC1C=C2C)[SiH](OC)OC. The number of hydrogen-bond acceptors (Lipinski definition) is 4. The Morgan fingerprint density at radius 2 is 2.11 bits per heavy atom. The van der Waals surface area contributed by atoms with E-state index in [0.29, 0.717) is 11.8 Å².